The van der Waals surface area contributed by atoms with Gasteiger partial charge in [-0.3, -0.25) is 0 Å². The van der Waals surface area contributed by atoms with Crippen molar-refractivity contribution in [1.82, 2.24) is 0 Å². The van der Waals surface area contributed by atoms with Crippen molar-refractivity contribution in [2.24, 2.45) is 39.4 Å². The van der Waals surface area contributed by atoms with E-state index in [2.05, 4.69) is 248 Å². The van der Waals surface area contributed by atoms with E-state index in [9.17, 15) is 30.1 Å². The lowest BCUT2D eigenvalue weighted by Crippen LogP contribution is -2.49. The lowest BCUT2D eigenvalue weighted by molar-refractivity contribution is 0.0145. The summed E-state index contributed by atoms with van der Waals surface area (Å²) in [4.78, 5) is 0. The molecule has 9 fully saturated rings. The Balaban J connectivity index is 0.000000225. The minimum absolute atomic E-state index is 0.0393. The standard InChI is InChI=1S/C40H72O2Si2.C33H51O3PSi2.C27H42O3.C18H32O2/c1-29(19-17-25-37(3,4)5)33-23-24-34-32(20-18-26-40(33,34)12)22-21-31-27-35(41-43(13,14)38(6,7)8)30(2)36(28-31)42-44(15,16)39(9,10)11;1-26-30(35-38(8,9)32(2,3)4)24-27(25-31(26)36-39(10,11)33(5,6)7)22-23-37(34,28-18-14-12-15-19-28)29-20-16-13-17-21-29;1-18(8-6-14-26(3,4)30)22-12-13-23-21(9-7-15-27(22,23)5)11-10-20-16-24(28)19(2)25(29)17-20;1-13(7-5-11-17(2,3)20)14-9-10-15-16(19)8-6-12-18(14,15)4/h21-22,34-36H,2,17-20,23-28H2,1,3-16H3;12-22,30-31H,1,23-25H2,2-11H3;10-11,23-25,28-30H,2,6-9,12-17H2,1,3-5H3;15-16,19-20H,5-12H2,1-4H3/b32-22+,33-29+;;21-11+,22-18+;14-13+/t34-,35+,36+,40+;30-,31-;23-,24+,25+,27+;15-,16-,18+/m0100/s1. The van der Waals surface area contributed by atoms with Crippen LogP contribution in [-0.2, 0) is 22.3 Å². The first-order valence-corrected chi connectivity index (χ1v) is 66.0. The third kappa shape index (κ3) is 30.0. The second-order valence-corrected chi connectivity index (χ2v) is 74.2. The van der Waals surface area contributed by atoms with Gasteiger partial charge in [-0.2, -0.15) is 0 Å². The zero-order chi connectivity index (χ0) is 99.9. The number of hydrogen-bond acceptors (Lipinski definition) is 10. The van der Waals surface area contributed by atoms with E-state index in [4.69, 9.17) is 17.7 Å². The van der Waals surface area contributed by atoms with Crippen molar-refractivity contribution in [2.75, 3.05) is 6.16 Å². The van der Waals surface area contributed by atoms with Gasteiger partial charge in [-0.15, -0.1) is 0 Å². The van der Waals surface area contributed by atoms with Crippen molar-refractivity contribution in [1.29, 1.82) is 0 Å². The summed E-state index contributed by atoms with van der Waals surface area (Å²) in [5.74, 6) is 1.78. The molecule has 9 saturated carbocycles. The van der Waals surface area contributed by atoms with E-state index < -0.39 is 63.8 Å². The van der Waals surface area contributed by atoms with E-state index in [0.29, 0.717) is 53.2 Å². The minimum atomic E-state index is -2.84. The van der Waals surface area contributed by atoms with Crippen LogP contribution in [0.25, 0.3) is 0 Å². The summed E-state index contributed by atoms with van der Waals surface area (Å²) in [6.07, 6.45) is 43.7. The van der Waals surface area contributed by atoms with Crippen molar-refractivity contribution in [3.8, 4) is 0 Å². The van der Waals surface area contributed by atoms with Crippen LogP contribution in [0.5, 0.6) is 0 Å². The smallest absolute Gasteiger partial charge is 0.192 e. The second-order valence-electron chi connectivity index (χ2n) is 52.3. The predicted molar refractivity (Wildman–Crippen MR) is 582 cm³/mol. The Bertz CT molecular complexity index is 4430. The van der Waals surface area contributed by atoms with Crippen molar-refractivity contribution in [3.05, 3.63) is 189 Å². The third-order valence-corrected chi connectivity index (χ3v) is 56.2. The van der Waals surface area contributed by atoms with Crippen molar-refractivity contribution in [2.45, 2.75) is 492 Å². The van der Waals surface area contributed by atoms with Gasteiger partial charge in [0.25, 0.3) is 0 Å². The van der Waals surface area contributed by atoms with E-state index in [0.717, 1.165) is 112 Å². The average Bonchev–Trinajstić information content (AvgIpc) is 1.63. The van der Waals surface area contributed by atoms with Gasteiger partial charge in [-0.25, -0.2) is 0 Å². The molecular weight excluding hydrogens is 1720 g/mol. The lowest BCUT2D eigenvalue weighted by atomic mass is 9.64. The van der Waals surface area contributed by atoms with Gasteiger partial charge < -0.3 is 47.8 Å². The molecule has 0 spiro atoms. The first-order chi connectivity index (χ1) is 61.0. The molecule has 2 aromatic carbocycles. The first kappa shape index (κ1) is 115. The Labute approximate surface area is 819 Å². The van der Waals surface area contributed by atoms with Gasteiger partial charge in [0, 0.05) is 16.8 Å². The normalized spacial score (nSPS) is 29.2. The highest BCUT2D eigenvalue weighted by Crippen LogP contribution is 2.62. The van der Waals surface area contributed by atoms with E-state index >= 15 is 0 Å². The predicted octanol–water partition coefficient (Wildman–Crippen LogP) is 32.1. The maximum absolute atomic E-state index is 14.7. The molecule has 0 bridgehead atoms. The number of rotatable bonds is 25. The van der Waals surface area contributed by atoms with Gasteiger partial charge in [0.2, 0.25) is 0 Å². The number of benzene rings is 2. The highest BCUT2D eigenvalue weighted by atomic mass is 31.2. The molecule has 0 radical (unpaired) electrons. The molecule has 2 aromatic rings. The van der Waals surface area contributed by atoms with Crippen LogP contribution in [0.1, 0.15) is 366 Å². The maximum Gasteiger partial charge on any atom is 0.192 e. The molecule has 5 N–H and O–H groups in total. The van der Waals surface area contributed by atoms with Crippen LogP contribution >= 0.6 is 7.14 Å². The van der Waals surface area contributed by atoms with Gasteiger partial charge in [0.05, 0.1) is 53.9 Å². The molecule has 10 nitrogen and oxygen atoms in total. The van der Waals surface area contributed by atoms with Crippen molar-refractivity contribution < 1.29 is 47.8 Å². The van der Waals surface area contributed by atoms with Crippen LogP contribution in [0.3, 0.4) is 0 Å². The second kappa shape index (κ2) is 45.3. The molecule has 0 saturated heterocycles. The molecule has 11 rings (SSSR count). The molecule has 0 amide bonds. The summed E-state index contributed by atoms with van der Waals surface area (Å²) < 4.78 is 42.8. The quantitative estimate of drug-likeness (QED) is 0.0369. The molecule has 0 aromatic heterocycles. The van der Waals surface area contributed by atoms with Gasteiger partial charge in [-0.1, -0.05) is 297 Å². The van der Waals surface area contributed by atoms with Crippen LogP contribution < -0.4 is 10.6 Å². The molecule has 9 aliphatic rings. The summed E-state index contributed by atoms with van der Waals surface area (Å²) in [7, 11) is -10.9. The largest absolute Gasteiger partial charge is 0.410 e. The van der Waals surface area contributed by atoms with Crippen LogP contribution in [0.2, 0.25) is 72.5 Å². The fourth-order valence-electron chi connectivity index (χ4n) is 22.7. The molecule has 0 aliphatic heterocycles. The molecule has 133 heavy (non-hydrogen) atoms. The average molecular weight is 1920 g/mol. The topological polar surface area (TPSA) is 155 Å². The molecule has 0 heterocycles. The van der Waals surface area contributed by atoms with Crippen LogP contribution in [0, 0.1) is 39.4 Å². The fourth-order valence-corrected chi connectivity index (χ4v) is 30.4. The monoisotopic (exact) mass is 1920 g/mol. The van der Waals surface area contributed by atoms with Gasteiger partial charge >= 0.3 is 0 Å². The highest BCUT2D eigenvalue weighted by molar-refractivity contribution is 7.78. The SMILES string of the molecule is C/C(CCCC(C)(C)O)=C1/CC[C@H]2[C@@H](O)CCC[C@]12C.C=C1[C@H](O)CC(=C/C=C2\CCC[C@]3(C)/C(=C(\C)CCCC(C)(C)O)CC[C@@H]23)C[C@H]1O.C=C1[C@H](O[Si](C)(C)C(C)(C)C)CC(=C/C=C2\CCC[C@]3(C)/C(=C(\C)CCCC(C)(C)C)CC[C@@H]23)C[C@H]1O[Si](C)(C)C(C)(C)C.C=C1[C@H](O[Si](C)(C)C(C)(C)C)CC(=CCP(=O)(c2ccccc2)c2ccccc2)C[C@H]1O[Si](C)(C)C(C)(C)C. The van der Waals surface area contributed by atoms with E-state index in [1.54, 1.807) is 39.0 Å². The Kier molecular flexibility index (Phi) is 39.0. The summed E-state index contributed by atoms with van der Waals surface area (Å²) in [6, 6.07) is 19.9. The number of aliphatic hydroxyl groups is 5. The van der Waals surface area contributed by atoms with Crippen molar-refractivity contribution in [3.63, 3.8) is 0 Å². The van der Waals surface area contributed by atoms with Crippen LogP contribution in [-0.4, -0.2) is 119 Å². The number of hydrogen-bond donors (Lipinski definition) is 5. The summed E-state index contributed by atoms with van der Waals surface area (Å²) >= 11 is 0. The Morgan fingerprint density at radius 2 is 0.729 bits per heavy atom. The molecule has 750 valence electrons. The van der Waals surface area contributed by atoms with Gasteiger partial charge in [0.1, 0.15) is 7.14 Å². The Morgan fingerprint density at radius 1 is 0.414 bits per heavy atom. The molecular formula is C118H197O10PSi4. The summed E-state index contributed by atoms with van der Waals surface area (Å²) in [6.45, 7) is 88.7. The first-order valence-electron chi connectivity index (χ1n) is 52.5. The molecule has 0 unspecified atom stereocenters. The minimum Gasteiger partial charge on any atom is -0.410 e. The van der Waals surface area contributed by atoms with E-state index in [1.165, 1.54) is 112 Å². The van der Waals surface area contributed by atoms with Gasteiger partial charge in [0.15, 0.2) is 33.3 Å². The zero-order valence-corrected chi connectivity index (χ0v) is 96.1. The molecule has 9 aliphatic carbocycles. The van der Waals surface area contributed by atoms with Gasteiger partial charge in [-0.05, 0) is 370 Å². The van der Waals surface area contributed by atoms with Crippen LogP contribution in [0.4, 0.5) is 0 Å². The third-order valence-electron chi connectivity index (χ3n) is 35.3. The Hall–Kier alpha value is -3.68. The highest BCUT2D eigenvalue weighted by Gasteiger charge is 2.53. The van der Waals surface area contributed by atoms with Crippen LogP contribution in [0.15, 0.2) is 189 Å². The summed E-state index contributed by atoms with van der Waals surface area (Å²) in [5, 5.41) is 52.7. The maximum atomic E-state index is 14.7. The zero-order valence-electron chi connectivity index (χ0n) is 91.2. The fraction of sp³-hybridized carbons (Fsp3) is 0.712. The van der Waals surface area contributed by atoms with E-state index in [1.807, 2.05) is 88.4 Å². The Morgan fingerprint density at radius 3 is 1.07 bits per heavy atom. The molecule has 15 heteroatoms. The number of fused-ring (bicyclic) bond motifs is 3. The summed E-state index contributed by atoms with van der Waals surface area (Å²) in [5.41, 5.74) is 19.9. The number of allylic oxidation sites excluding steroid dienone is 13. The van der Waals surface area contributed by atoms with Crippen molar-refractivity contribution >= 4 is 51.0 Å². The number of aliphatic hydroxyl groups excluding tert-OH is 3. The lowest BCUT2D eigenvalue weighted by Gasteiger charge is -2.46. The van der Waals surface area contributed by atoms with E-state index in [-0.39, 0.29) is 61.5 Å². The molecule has 13 atom stereocenters.